The molecule has 0 N–H and O–H groups in total. The highest BCUT2D eigenvalue weighted by Crippen LogP contribution is 2.40. The van der Waals surface area contributed by atoms with Crippen molar-refractivity contribution >= 4 is 20.2 Å². The number of ether oxygens (including phenoxy) is 3. The van der Waals surface area contributed by atoms with Gasteiger partial charge in [0, 0.05) is 0 Å². The molecule has 9 heteroatoms. The molecule has 2 saturated heterocycles. The third-order valence-electron chi connectivity index (χ3n) is 8.64. The fraction of sp³-hybridized carbons (Fsp3) is 0.412. The summed E-state index contributed by atoms with van der Waals surface area (Å²) < 4.78 is 39.5. The fourth-order valence-electron chi connectivity index (χ4n) is 5.06. The quantitative estimate of drug-likeness (QED) is 0.143. The molecule has 2 aliphatic heterocycles. The first-order valence-corrected chi connectivity index (χ1v) is 17.6. The maximum absolute atomic E-state index is 14.4. The van der Waals surface area contributed by atoms with E-state index in [0.717, 1.165) is 16.7 Å². The largest absolute Gasteiger partial charge is 0.451 e. The van der Waals surface area contributed by atoms with Gasteiger partial charge < -0.3 is 23.5 Å². The van der Waals surface area contributed by atoms with E-state index in [0.29, 0.717) is 6.42 Å². The lowest BCUT2D eigenvalue weighted by atomic mass is 10.0. The van der Waals surface area contributed by atoms with E-state index < -0.39 is 38.7 Å². The van der Waals surface area contributed by atoms with E-state index in [2.05, 4.69) is 33.9 Å². The van der Waals surface area contributed by atoms with Gasteiger partial charge in [-0.15, -0.1) is 0 Å². The van der Waals surface area contributed by atoms with Crippen molar-refractivity contribution in [1.29, 1.82) is 0 Å². The zero-order valence-corrected chi connectivity index (χ0v) is 26.4. The van der Waals surface area contributed by atoms with Crippen LogP contribution in [-0.4, -0.2) is 56.2 Å². The van der Waals surface area contributed by atoms with E-state index in [1.165, 1.54) is 12.1 Å². The summed E-state index contributed by atoms with van der Waals surface area (Å²) in [5.74, 6) is -0.920. The third kappa shape index (κ3) is 7.07. The van der Waals surface area contributed by atoms with Gasteiger partial charge in [-0.05, 0) is 47.0 Å². The first kappa shape index (κ1) is 31.1. The van der Waals surface area contributed by atoms with Crippen molar-refractivity contribution < 1.29 is 32.6 Å². The van der Waals surface area contributed by atoms with Crippen LogP contribution in [0.1, 0.15) is 50.0 Å². The number of carbonyl (C=O) groups is 2. The summed E-state index contributed by atoms with van der Waals surface area (Å²) in [6.45, 7) is 10.8. The number of amides is 1. The molecule has 2 fully saturated rings. The van der Waals surface area contributed by atoms with Crippen LogP contribution in [0, 0.1) is 5.82 Å². The van der Waals surface area contributed by atoms with E-state index in [1.807, 2.05) is 60.7 Å². The van der Waals surface area contributed by atoms with Crippen molar-refractivity contribution in [3.05, 3.63) is 107 Å². The zero-order valence-electron chi connectivity index (χ0n) is 25.4. The molecule has 5 rings (SSSR count). The number of carbonyl (C=O) groups excluding carboxylic acids is 2. The average Bonchev–Trinajstić information content (AvgIpc) is 3.33. The minimum atomic E-state index is -2.57. The summed E-state index contributed by atoms with van der Waals surface area (Å²) in [6.07, 6.45) is -3.38. The van der Waals surface area contributed by atoms with Crippen molar-refractivity contribution in [2.75, 3.05) is 6.54 Å². The summed E-state index contributed by atoms with van der Waals surface area (Å²) >= 11 is 0. The Morgan fingerprint density at radius 1 is 0.977 bits per heavy atom. The topological polar surface area (TPSA) is 74.3 Å². The van der Waals surface area contributed by atoms with Crippen LogP contribution in [-0.2, 0) is 34.8 Å². The van der Waals surface area contributed by atoms with Gasteiger partial charge in [0.25, 0.3) is 0 Å². The number of halogens is 1. The van der Waals surface area contributed by atoms with Crippen LogP contribution in [0.25, 0.3) is 0 Å². The van der Waals surface area contributed by atoms with Crippen LogP contribution >= 0.6 is 0 Å². The first-order valence-electron chi connectivity index (χ1n) is 14.7. The van der Waals surface area contributed by atoms with Crippen LogP contribution in [0.4, 0.5) is 4.39 Å². The molecule has 3 aromatic carbocycles. The van der Waals surface area contributed by atoms with Gasteiger partial charge in [0.2, 0.25) is 5.91 Å². The van der Waals surface area contributed by atoms with Gasteiger partial charge in [-0.25, -0.2) is 9.18 Å². The standard InChI is InChI=1S/C34H40FNO6Si/c1-34(2,3)43(4,5)42-32(33(38)41-30(24-12-8-6-9-13-24)25-14-10-7-11-15-25)31(27-21-36-28(37)20-29(36)40-27)39-22-23-16-18-26(35)19-17-23/h6-19,27,29-32H,20-22H2,1-5H3/t27-,29+,31+,32-/m1/s1. The lowest BCUT2D eigenvalue weighted by Crippen LogP contribution is -2.55. The van der Waals surface area contributed by atoms with Gasteiger partial charge in [0.05, 0.1) is 19.6 Å². The van der Waals surface area contributed by atoms with E-state index in [4.69, 9.17) is 18.6 Å². The molecular formula is C34H40FNO6Si. The molecule has 7 nitrogen and oxygen atoms in total. The Bertz CT molecular complexity index is 1360. The number of hydrogen-bond acceptors (Lipinski definition) is 6. The zero-order chi connectivity index (χ0) is 30.8. The Hall–Kier alpha value is -3.37. The second-order valence-electron chi connectivity index (χ2n) is 12.7. The Kier molecular flexibility index (Phi) is 9.17. The molecule has 4 atom stereocenters. The Balaban J connectivity index is 1.50. The minimum Gasteiger partial charge on any atom is -0.451 e. The van der Waals surface area contributed by atoms with Crippen molar-refractivity contribution in [2.24, 2.45) is 0 Å². The van der Waals surface area contributed by atoms with Gasteiger partial charge in [-0.2, -0.15) is 0 Å². The Labute approximate surface area is 254 Å². The molecule has 0 unspecified atom stereocenters. The van der Waals surface area contributed by atoms with Gasteiger partial charge >= 0.3 is 5.97 Å². The van der Waals surface area contributed by atoms with Crippen molar-refractivity contribution in [1.82, 2.24) is 4.90 Å². The van der Waals surface area contributed by atoms with E-state index >= 15 is 0 Å². The van der Waals surface area contributed by atoms with Gasteiger partial charge in [0.15, 0.2) is 20.5 Å². The molecule has 0 aliphatic carbocycles. The highest BCUT2D eigenvalue weighted by Gasteiger charge is 2.53. The fourth-order valence-corrected chi connectivity index (χ4v) is 6.28. The molecule has 3 aromatic rings. The van der Waals surface area contributed by atoms with Crippen LogP contribution in [0.3, 0.4) is 0 Å². The Morgan fingerprint density at radius 2 is 1.56 bits per heavy atom. The lowest BCUT2D eigenvalue weighted by molar-refractivity contribution is -0.178. The van der Waals surface area contributed by atoms with Crippen molar-refractivity contribution in [3.63, 3.8) is 0 Å². The molecule has 0 spiro atoms. The number of benzene rings is 3. The van der Waals surface area contributed by atoms with E-state index in [9.17, 15) is 14.0 Å². The maximum Gasteiger partial charge on any atom is 0.337 e. The molecule has 0 bridgehead atoms. The number of nitrogens with zero attached hydrogens (tertiary/aromatic N) is 1. The molecule has 43 heavy (non-hydrogen) atoms. The summed E-state index contributed by atoms with van der Waals surface area (Å²) in [4.78, 5) is 28.3. The van der Waals surface area contributed by atoms with Crippen LogP contribution in [0.5, 0.6) is 0 Å². The molecular weight excluding hydrogens is 565 g/mol. The number of esters is 1. The summed E-state index contributed by atoms with van der Waals surface area (Å²) in [5.41, 5.74) is 2.38. The average molecular weight is 606 g/mol. The van der Waals surface area contributed by atoms with Crippen molar-refractivity contribution in [3.8, 4) is 0 Å². The second kappa shape index (κ2) is 12.7. The molecule has 2 heterocycles. The smallest absolute Gasteiger partial charge is 0.337 e. The monoisotopic (exact) mass is 605 g/mol. The molecule has 1 amide bonds. The molecule has 228 valence electrons. The van der Waals surface area contributed by atoms with E-state index in [1.54, 1.807) is 17.0 Å². The van der Waals surface area contributed by atoms with E-state index in [-0.39, 0.29) is 36.1 Å². The molecule has 2 aliphatic rings. The van der Waals surface area contributed by atoms with Crippen LogP contribution < -0.4 is 0 Å². The van der Waals surface area contributed by atoms with Crippen molar-refractivity contribution in [2.45, 2.75) is 82.6 Å². The first-order chi connectivity index (χ1) is 20.4. The summed E-state index contributed by atoms with van der Waals surface area (Å²) in [5, 5.41) is -0.222. The Morgan fingerprint density at radius 3 is 2.07 bits per heavy atom. The normalized spacial score (nSPS) is 20.0. The maximum atomic E-state index is 14.4. The SMILES string of the molecule is CC(C)(C)[Si](C)(C)O[C@@H](C(=O)OC(c1ccccc1)c1ccccc1)[C@@H](OCc1ccc(F)cc1)[C@H]1CN2C(=O)C[C@@H]2O1. The predicted molar refractivity (Wildman–Crippen MR) is 163 cm³/mol. The molecule has 0 radical (unpaired) electrons. The third-order valence-corrected chi connectivity index (χ3v) is 13.1. The van der Waals surface area contributed by atoms with Crippen LogP contribution in [0.15, 0.2) is 84.9 Å². The van der Waals surface area contributed by atoms with Gasteiger partial charge in [-0.1, -0.05) is 93.6 Å². The van der Waals surface area contributed by atoms with Crippen LogP contribution in [0.2, 0.25) is 18.1 Å². The highest BCUT2D eigenvalue weighted by molar-refractivity contribution is 6.74. The van der Waals surface area contributed by atoms with Gasteiger partial charge in [-0.3, -0.25) is 4.79 Å². The number of hydrogen-bond donors (Lipinski definition) is 0. The number of fused-ring (bicyclic) bond motifs is 1. The minimum absolute atomic E-state index is 0.00226. The lowest BCUT2D eigenvalue weighted by Gasteiger charge is -2.41. The number of rotatable bonds is 11. The summed E-state index contributed by atoms with van der Waals surface area (Å²) in [7, 11) is -2.57. The highest BCUT2D eigenvalue weighted by atomic mass is 28.4. The second-order valence-corrected chi connectivity index (χ2v) is 17.5. The molecule has 0 aromatic heterocycles. The summed E-state index contributed by atoms with van der Waals surface area (Å²) in [6, 6.07) is 25.2. The number of β-lactam (4-membered cyclic amide) rings is 1. The molecule has 0 saturated carbocycles. The van der Waals surface area contributed by atoms with Gasteiger partial charge in [0.1, 0.15) is 24.3 Å². The predicted octanol–water partition coefficient (Wildman–Crippen LogP) is 6.39.